The maximum atomic E-state index is 12.4. The Labute approximate surface area is 134 Å². The second-order valence-corrected chi connectivity index (χ2v) is 5.46. The molecule has 130 valence electrons. The quantitative estimate of drug-likeness (QED) is 0.159. The molecule has 0 aromatic carbocycles. The number of primary amides is 1. The van der Waals surface area contributed by atoms with E-state index in [4.69, 9.17) is 22.6 Å². The van der Waals surface area contributed by atoms with E-state index in [-0.39, 0.29) is 24.3 Å². The van der Waals surface area contributed by atoms with Crippen molar-refractivity contribution >= 4 is 23.7 Å². The first-order chi connectivity index (χ1) is 10.8. The highest BCUT2D eigenvalue weighted by Crippen LogP contribution is 2.19. The summed E-state index contributed by atoms with van der Waals surface area (Å²) in [5.41, 5.74) is 16.0. The zero-order chi connectivity index (χ0) is 17.4. The predicted molar refractivity (Wildman–Crippen MR) is 84.1 cm³/mol. The Morgan fingerprint density at radius 2 is 1.96 bits per heavy atom. The second-order valence-electron chi connectivity index (χ2n) is 5.46. The van der Waals surface area contributed by atoms with Crippen LogP contribution < -0.4 is 27.8 Å². The van der Waals surface area contributed by atoms with Crippen LogP contribution in [-0.4, -0.2) is 60.3 Å². The van der Waals surface area contributed by atoms with E-state index in [1.54, 1.807) is 0 Å². The molecule has 0 aromatic heterocycles. The van der Waals surface area contributed by atoms with Gasteiger partial charge in [0.15, 0.2) is 5.96 Å². The molecule has 1 aliphatic rings. The molecule has 10 nitrogen and oxygen atoms in total. The average Bonchev–Trinajstić information content (AvgIpc) is 2.97. The van der Waals surface area contributed by atoms with Gasteiger partial charge in [-0.15, -0.1) is 0 Å². The third kappa shape index (κ3) is 6.10. The fourth-order valence-corrected chi connectivity index (χ4v) is 2.48. The Morgan fingerprint density at radius 1 is 1.26 bits per heavy atom. The molecule has 10 heteroatoms. The molecule has 0 bridgehead atoms. The van der Waals surface area contributed by atoms with Crippen LogP contribution in [0.4, 0.5) is 0 Å². The maximum Gasteiger partial charge on any atom is 0.243 e. The molecule has 0 unspecified atom stereocenters. The first kappa shape index (κ1) is 18.7. The summed E-state index contributed by atoms with van der Waals surface area (Å²) in [6.45, 7) is 0.672. The van der Waals surface area contributed by atoms with Crippen molar-refractivity contribution < 1.29 is 14.4 Å². The van der Waals surface area contributed by atoms with E-state index < -0.39 is 18.0 Å². The lowest BCUT2D eigenvalue weighted by Crippen LogP contribution is -2.52. The summed E-state index contributed by atoms with van der Waals surface area (Å²) in [5.74, 6) is -1.44. The molecule has 1 rings (SSSR count). The Balaban J connectivity index is 2.47. The molecule has 2 atom stereocenters. The van der Waals surface area contributed by atoms with Crippen LogP contribution in [0.15, 0.2) is 0 Å². The summed E-state index contributed by atoms with van der Waals surface area (Å²) in [7, 11) is 0. The van der Waals surface area contributed by atoms with Crippen LogP contribution in [0.3, 0.4) is 0 Å². The highest BCUT2D eigenvalue weighted by atomic mass is 16.2. The molecule has 23 heavy (non-hydrogen) atoms. The van der Waals surface area contributed by atoms with Gasteiger partial charge in [-0.05, 0) is 25.7 Å². The van der Waals surface area contributed by atoms with Crippen LogP contribution in [-0.2, 0) is 14.4 Å². The van der Waals surface area contributed by atoms with E-state index >= 15 is 0 Å². The highest BCUT2D eigenvalue weighted by molar-refractivity contribution is 5.92. The van der Waals surface area contributed by atoms with Crippen molar-refractivity contribution in [2.45, 2.75) is 37.8 Å². The molecular weight excluding hydrogens is 302 g/mol. The van der Waals surface area contributed by atoms with E-state index in [2.05, 4.69) is 10.6 Å². The van der Waals surface area contributed by atoms with Crippen LogP contribution in [0.2, 0.25) is 0 Å². The summed E-state index contributed by atoms with van der Waals surface area (Å²) < 4.78 is 0. The van der Waals surface area contributed by atoms with Gasteiger partial charge >= 0.3 is 0 Å². The third-order valence-electron chi connectivity index (χ3n) is 3.60. The van der Waals surface area contributed by atoms with Gasteiger partial charge in [-0.25, -0.2) is 0 Å². The van der Waals surface area contributed by atoms with E-state index in [1.165, 1.54) is 4.90 Å². The van der Waals surface area contributed by atoms with Crippen molar-refractivity contribution in [1.82, 2.24) is 15.5 Å². The van der Waals surface area contributed by atoms with Gasteiger partial charge in [0.2, 0.25) is 17.7 Å². The number of nitrogens with two attached hydrogens (primary N) is 3. The van der Waals surface area contributed by atoms with E-state index in [1.807, 2.05) is 0 Å². The average molecular weight is 327 g/mol. The molecule has 0 saturated carbocycles. The number of hydrogen-bond acceptors (Lipinski definition) is 5. The minimum absolute atomic E-state index is 0.129. The van der Waals surface area contributed by atoms with Crippen molar-refractivity contribution in [1.29, 1.82) is 5.41 Å². The molecule has 0 aliphatic carbocycles. The number of carbonyl (C=O) groups excluding carboxylic acids is 3. The predicted octanol–water partition coefficient (Wildman–Crippen LogP) is -2.83. The van der Waals surface area contributed by atoms with Gasteiger partial charge in [0.05, 0.1) is 12.6 Å². The van der Waals surface area contributed by atoms with Crippen LogP contribution in [0.1, 0.15) is 25.7 Å². The maximum absolute atomic E-state index is 12.4. The number of nitrogens with one attached hydrogen (secondary N) is 3. The molecule has 0 aromatic rings. The fourth-order valence-electron chi connectivity index (χ4n) is 2.48. The number of guanidine groups is 1. The first-order valence-corrected chi connectivity index (χ1v) is 7.53. The van der Waals surface area contributed by atoms with Crippen LogP contribution in [0, 0.1) is 5.41 Å². The molecule has 1 saturated heterocycles. The SMILES string of the molecule is N=C(N)NCCC[C@H](N)C(=O)N1CCC[C@H]1C(=O)NCC(N)=O. The first-order valence-electron chi connectivity index (χ1n) is 7.53. The lowest BCUT2D eigenvalue weighted by Gasteiger charge is -2.26. The molecule has 0 radical (unpaired) electrons. The lowest BCUT2D eigenvalue weighted by atomic mass is 10.1. The minimum atomic E-state index is -0.715. The smallest absolute Gasteiger partial charge is 0.243 e. The van der Waals surface area contributed by atoms with E-state index in [9.17, 15) is 14.4 Å². The van der Waals surface area contributed by atoms with Crippen molar-refractivity contribution in [3.63, 3.8) is 0 Å². The van der Waals surface area contributed by atoms with E-state index in [0.717, 1.165) is 0 Å². The van der Waals surface area contributed by atoms with Crippen LogP contribution in [0.5, 0.6) is 0 Å². The highest BCUT2D eigenvalue weighted by Gasteiger charge is 2.35. The van der Waals surface area contributed by atoms with Gasteiger partial charge in [0.1, 0.15) is 6.04 Å². The van der Waals surface area contributed by atoms with Crippen molar-refractivity contribution in [2.24, 2.45) is 17.2 Å². The van der Waals surface area contributed by atoms with Gasteiger partial charge < -0.3 is 32.7 Å². The normalized spacial score (nSPS) is 18.3. The summed E-state index contributed by atoms with van der Waals surface area (Å²) in [4.78, 5) is 36.6. The molecule has 1 heterocycles. The largest absolute Gasteiger partial charge is 0.370 e. The lowest BCUT2D eigenvalue weighted by molar-refractivity contribution is -0.139. The molecule has 0 spiro atoms. The molecule has 1 aliphatic heterocycles. The number of likely N-dealkylation sites (tertiary alicyclic amines) is 1. The summed E-state index contributed by atoms with van der Waals surface area (Å²) in [6, 6.07) is -1.32. The van der Waals surface area contributed by atoms with Crippen molar-refractivity contribution in [3.05, 3.63) is 0 Å². The van der Waals surface area contributed by atoms with Crippen molar-refractivity contribution in [2.75, 3.05) is 19.6 Å². The number of hydrogen-bond donors (Lipinski definition) is 6. The Kier molecular flexibility index (Phi) is 7.26. The Bertz CT molecular complexity index is 468. The monoisotopic (exact) mass is 327 g/mol. The fraction of sp³-hybridized carbons (Fsp3) is 0.692. The van der Waals surface area contributed by atoms with Gasteiger partial charge in [-0.2, -0.15) is 0 Å². The Morgan fingerprint density at radius 3 is 2.57 bits per heavy atom. The van der Waals surface area contributed by atoms with Gasteiger partial charge in [0.25, 0.3) is 0 Å². The molecule has 9 N–H and O–H groups in total. The zero-order valence-electron chi connectivity index (χ0n) is 13.0. The van der Waals surface area contributed by atoms with Crippen molar-refractivity contribution in [3.8, 4) is 0 Å². The zero-order valence-corrected chi connectivity index (χ0v) is 13.0. The third-order valence-corrected chi connectivity index (χ3v) is 3.60. The number of nitrogens with zero attached hydrogens (tertiary/aromatic N) is 1. The number of rotatable bonds is 8. The second kappa shape index (κ2) is 8.93. The standard InChI is InChI=1S/C13H25N7O3/c14-8(3-1-5-18-13(16)17)12(23)20-6-2-4-9(20)11(22)19-7-10(15)21/h8-9H,1-7,14H2,(H2,15,21)(H,19,22)(H4,16,17,18)/t8-,9-/m0/s1. The van der Waals surface area contributed by atoms with Crippen LogP contribution in [0.25, 0.3) is 0 Å². The van der Waals surface area contributed by atoms with Gasteiger partial charge in [-0.3, -0.25) is 19.8 Å². The topological polar surface area (TPSA) is 180 Å². The summed E-state index contributed by atoms with van der Waals surface area (Å²) in [5, 5.41) is 12.1. The van der Waals surface area contributed by atoms with E-state index in [0.29, 0.717) is 38.8 Å². The molecule has 3 amide bonds. The molecule has 1 fully saturated rings. The summed E-state index contributed by atoms with van der Waals surface area (Å²) >= 11 is 0. The molecular formula is C13H25N7O3. The van der Waals surface area contributed by atoms with Gasteiger partial charge in [0, 0.05) is 13.1 Å². The summed E-state index contributed by atoms with van der Waals surface area (Å²) in [6.07, 6.45) is 2.25. The van der Waals surface area contributed by atoms with Gasteiger partial charge in [-0.1, -0.05) is 0 Å². The number of carbonyl (C=O) groups is 3. The number of amides is 3. The minimum Gasteiger partial charge on any atom is -0.370 e. The van der Waals surface area contributed by atoms with Crippen LogP contribution >= 0.6 is 0 Å². The Hall–Kier alpha value is -2.36.